The number of rotatable bonds is 7. The molecule has 0 aromatic heterocycles. The van der Waals surface area contributed by atoms with Gasteiger partial charge in [0.2, 0.25) is 10.0 Å². The van der Waals surface area contributed by atoms with E-state index in [0.717, 1.165) is 6.42 Å². The van der Waals surface area contributed by atoms with Gasteiger partial charge in [-0.25, -0.2) is 13.1 Å². The third-order valence-electron chi connectivity index (χ3n) is 2.32. The number of halogens is 2. The predicted octanol–water partition coefficient (Wildman–Crippen LogP) is 2.73. The molecule has 0 unspecified atom stereocenters. The smallest absolute Gasteiger partial charge is 0.242 e. The molecule has 0 amide bonds. The Morgan fingerprint density at radius 1 is 1.32 bits per heavy atom. The standard InChI is InChI=1S/C11H14Cl2N2O2S2/c12-8-4-5-9(13)10(7-8)19(16,17)15-6-2-1-3-11(14)18/h4-5,7,15H,1-3,6H2,(H2,14,18). The Morgan fingerprint density at radius 3 is 2.63 bits per heavy atom. The van der Waals surface area contributed by atoms with Crippen LogP contribution in [0.5, 0.6) is 0 Å². The fourth-order valence-electron chi connectivity index (χ4n) is 1.39. The van der Waals surface area contributed by atoms with Crippen molar-refractivity contribution in [2.45, 2.75) is 24.2 Å². The Bertz CT molecular complexity index is 562. The second kappa shape index (κ2) is 7.40. The first kappa shape index (κ1) is 16.7. The lowest BCUT2D eigenvalue weighted by atomic mass is 10.2. The highest BCUT2D eigenvalue weighted by Crippen LogP contribution is 2.24. The van der Waals surface area contributed by atoms with Gasteiger partial charge in [0.25, 0.3) is 0 Å². The van der Waals surface area contributed by atoms with Gasteiger partial charge in [0.15, 0.2) is 0 Å². The number of nitrogens with one attached hydrogen (secondary N) is 1. The topological polar surface area (TPSA) is 72.2 Å². The third kappa shape index (κ3) is 5.62. The van der Waals surface area contributed by atoms with Gasteiger partial charge in [0, 0.05) is 11.6 Å². The zero-order valence-corrected chi connectivity index (χ0v) is 13.2. The summed E-state index contributed by atoms with van der Waals surface area (Å²) in [7, 11) is -3.64. The first-order valence-corrected chi connectivity index (χ1v) is 8.20. The van der Waals surface area contributed by atoms with Crippen molar-refractivity contribution in [3.05, 3.63) is 28.2 Å². The van der Waals surface area contributed by atoms with E-state index in [1.807, 2.05) is 0 Å². The molecule has 106 valence electrons. The van der Waals surface area contributed by atoms with Gasteiger partial charge in [-0.15, -0.1) is 0 Å². The first-order valence-electron chi connectivity index (χ1n) is 5.56. The second-order valence-electron chi connectivity index (χ2n) is 3.90. The molecule has 0 saturated carbocycles. The van der Waals surface area contributed by atoms with Crippen LogP contribution in [0.25, 0.3) is 0 Å². The van der Waals surface area contributed by atoms with E-state index in [9.17, 15) is 8.42 Å². The normalized spacial score (nSPS) is 11.5. The molecule has 0 heterocycles. The van der Waals surface area contributed by atoms with Crippen molar-refractivity contribution in [1.82, 2.24) is 4.72 Å². The van der Waals surface area contributed by atoms with Gasteiger partial charge in [-0.2, -0.15) is 0 Å². The molecule has 4 nitrogen and oxygen atoms in total. The zero-order valence-electron chi connectivity index (χ0n) is 10.0. The number of thiocarbonyl (C=S) groups is 1. The second-order valence-corrected chi connectivity index (χ2v) is 7.00. The van der Waals surface area contributed by atoms with Gasteiger partial charge in [-0.3, -0.25) is 0 Å². The van der Waals surface area contributed by atoms with Crippen LogP contribution in [0.3, 0.4) is 0 Å². The van der Waals surface area contributed by atoms with Gasteiger partial charge in [0.1, 0.15) is 4.90 Å². The Hall–Kier alpha value is -0.400. The Labute approximate surface area is 128 Å². The minimum atomic E-state index is -3.64. The van der Waals surface area contributed by atoms with E-state index in [2.05, 4.69) is 4.72 Å². The van der Waals surface area contributed by atoms with Crippen molar-refractivity contribution in [3.8, 4) is 0 Å². The molecule has 0 aliphatic rings. The van der Waals surface area contributed by atoms with Crippen molar-refractivity contribution >= 4 is 50.4 Å². The van der Waals surface area contributed by atoms with Crippen molar-refractivity contribution in [1.29, 1.82) is 0 Å². The summed E-state index contributed by atoms with van der Waals surface area (Å²) in [5.74, 6) is 0. The van der Waals surface area contributed by atoms with Crippen molar-refractivity contribution in [2.75, 3.05) is 6.54 Å². The molecule has 0 fully saturated rings. The molecule has 0 bridgehead atoms. The molecule has 1 aromatic carbocycles. The highest BCUT2D eigenvalue weighted by molar-refractivity contribution is 7.89. The molecule has 1 aromatic rings. The van der Waals surface area contributed by atoms with Crippen molar-refractivity contribution in [2.24, 2.45) is 5.73 Å². The lowest BCUT2D eigenvalue weighted by Crippen LogP contribution is -2.25. The molecule has 0 radical (unpaired) electrons. The zero-order chi connectivity index (χ0) is 14.5. The average Bonchev–Trinajstić information content (AvgIpc) is 2.31. The number of benzene rings is 1. The molecule has 0 spiro atoms. The Balaban J connectivity index is 2.61. The van der Waals surface area contributed by atoms with Crippen LogP contribution < -0.4 is 10.5 Å². The molecule has 8 heteroatoms. The van der Waals surface area contributed by atoms with E-state index in [4.69, 9.17) is 41.2 Å². The molecular formula is C11H14Cl2N2O2S2. The Morgan fingerprint density at radius 2 is 2.00 bits per heavy atom. The van der Waals surface area contributed by atoms with E-state index < -0.39 is 10.0 Å². The number of sulfonamides is 1. The van der Waals surface area contributed by atoms with Gasteiger partial charge < -0.3 is 5.73 Å². The quantitative estimate of drug-likeness (QED) is 0.591. The maximum absolute atomic E-state index is 12.0. The summed E-state index contributed by atoms with van der Waals surface area (Å²) in [5, 5.41) is 0.457. The van der Waals surface area contributed by atoms with Gasteiger partial charge >= 0.3 is 0 Å². The van der Waals surface area contributed by atoms with Crippen LogP contribution in [0.4, 0.5) is 0 Å². The van der Waals surface area contributed by atoms with E-state index >= 15 is 0 Å². The maximum atomic E-state index is 12.0. The van der Waals surface area contributed by atoms with Crippen LogP contribution in [0, 0.1) is 0 Å². The van der Waals surface area contributed by atoms with E-state index in [0.29, 0.717) is 29.4 Å². The largest absolute Gasteiger partial charge is 0.393 e. The molecule has 0 saturated heterocycles. The van der Waals surface area contributed by atoms with Crippen LogP contribution in [-0.4, -0.2) is 20.0 Å². The highest BCUT2D eigenvalue weighted by Gasteiger charge is 2.17. The summed E-state index contributed by atoms with van der Waals surface area (Å²) >= 11 is 16.3. The van der Waals surface area contributed by atoms with E-state index in [1.165, 1.54) is 18.2 Å². The fraction of sp³-hybridized carbons (Fsp3) is 0.364. The van der Waals surface area contributed by atoms with Gasteiger partial charge in [-0.05, 0) is 37.5 Å². The van der Waals surface area contributed by atoms with Gasteiger partial charge in [-0.1, -0.05) is 35.4 Å². The van der Waals surface area contributed by atoms with Gasteiger partial charge in [0.05, 0.1) is 10.0 Å². The molecule has 0 aliphatic heterocycles. The van der Waals surface area contributed by atoms with Crippen LogP contribution in [-0.2, 0) is 10.0 Å². The Kier molecular flexibility index (Phi) is 6.49. The fourth-order valence-corrected chi connectivity index (χ4v) is 3.37. The first-order chi connectivity index (χ1) is 8.83. The lowest BCUT2D eigenvalue weighted by molar-refractivity contribution is 0.577. The lowest BCUT2D eigenvalue weighted by Gasteiger charge is -2.08. The van der Waals surface area contributed by atoms with Crippen LogP contribution in [0.15, 0.2) is 23.1 Å². The molecular weight excluding hydrogens is 327 g/mol. The maximum Gasteiger partial charge on any atom is 0.242 e. The molecule has 1 rings (SSSR count). The van der Waals surface area contributed by atoms with Crippen LogP contribution in [0.1, 0.15) is 19.3 Å². The molecule has 0 aliphatic carbocycles. The molecule has 0 atom stereocenters. The van der Waals surface area contributed by atoms with Crippen molar-refractivity contribution in [3.63, 3.8) is 0 Å². The highest BCUT2D eigenvalue weighted by atomic mass is 35.5. The number of hydrogen-bond acceptors (Lipinski definition) is 3. The third-order valence-corrected chi connectivity index (χ3v) is 4.71. The summed E-state index contributed by atoms with van der Waals surface area (Å²) in [4.78, 5) is 0.414. The molecule has 3 N–H and O–H groups in total. The minimum Gasteiger partial charge on any atom is -0.393 e. The summed E-state index contributed by atoms with van der Waals surface area (Å²) in [6.07, 6.45) is 1.99. The monoisotopic (exact) mass is 340 g/mol. The SMILES string of the molecule is NC(=S)CCCCNS(=O)(=O)c1cc(Cl)ccc1Cl. The van der Waals surface area contributed by atoms with E-state index in [-0.39, 0.29) is 9.92 Å². The predicted molar refractivity (Wildman–Crippen MR) is 82.3 cm³/mol. The van der Waals surface area contributed by atoms with Crippen LogP contribution >= 0.6 is 35.4 Å². The number of hydrogen-bond donors (Lipinski definition) is 2. The van der Waals surface area contributed by atoms with Crippen LogP contribution in [0.2, 0.25) is 10.0 Å². The summed E-state index contributed by atoms with van der Waals surface area (Å²) in [5.41, 5.74) is 5.35. The van der Waals surface area contributed by atoms with E-state index in [1.54, 1.807) is 0 Å². The average molecular weight is 341 g/mol. The number of unbranched alkanes of at least 4 members (excludes halogenated alkanes) is 1. The van der Waals surface area contributed by atoms with Crippen molar-refractivity contribution < 1.29 is 8.42 Å². The summed E-state index contributed by atoms with van der Waals surface area (Å²) in [6.45, 7) is 0.299. The number of nitrogens with two attached hydrogens (primary N) is 1. The summed E-state index contributed by atoms with van der Waals surface area (Å²) < 4.78 is 26.5. The summed E-state index contributed by atoms with van der Waals surface area (Å²) in [6, 6.07) is 4.30. The minimum absolute atomic E-state index is 0.0176. The molecule has 19 heavy (non-hydrogen) atoms.